The summed E-state index contributed by atoms with van der Waals surface area (Å²) in [4.78, 5) is 10.3. The van der Waals surface area contributed by atoms with Gasteiger partial charge in [0, 0.05) is 38.7 Å². The SMILES string of the molecule is CNC(C)c1cnc(-c2ccc(Br)c3cccnc23)s1. The highest BCUT2D eigenvalue weighted by Crippen LogP contribution is 2.35. The molecular formula is C15H14BrN3S. The number of hydrogen-bond acceptors (Lipinski definition) is 4. The molecule has 2 heterocycles. The van der Waals surface area contributed by atoms with Gasteiger partial charge in [0.25, 0.3) is 0 Å². The van der Waals surface area contributed by atoms with Gasteiger partial charge in [-0.2, -0.15) is 0 Å². The third kappa shape index (κ3) is 2.37. The van der Waals surface area contributed by atoms with Crippen LogP contribution in [0.25, 0.3) is 21.5 Å². The molecule has 3 rings (SSSR count). The lowest BCUT2D eigenvalue weighted by Gasteiger charge is -2.06. The molecule has 0 aliphatic carbocycles. The topological polar surface area (TPSA) is 37.8 Å². The Morgan fingerprint density at radius 1 is 1.25 bits per heavy atom. The van der Waals surface area contributed by atoms with Crippen molar-refractivity contribution in [3.8, 4) is 10.6 Å². The number of rotatable bonds is 3. The molecule has 102 valence electrons. The highest BCUT2D eigenvalue weighted by molar-refractivity contribution is 9.10. The molecule has 0 saturated carbocycles. The van der Waals surface area contributed by atoms with E-state index in [0.717, 1.165) is 25.9 Å². The Hall–Kier alpha value is -1.30. The number of pyridine rings is 1. The van der Waals surface area contributed by atoms with Crippen molar-refractivity contribution in [2.24, 2.45) is 0 Å². The molecule has 0 aliphatic rings. The first-order valence-corrected chi connectivity index (χ1v) is 7.98. The van der Waals surface area contributed by atoms with Crippen molar-refractivity contribution >= 4 is 38.2 Å². The van der Waals surface area contributed by atoms with Gasteiger partial charge in [0.15, 0.2) is 0 Å². The van der Waals surface area contributed by atoms with Gasteiger partial charge in [-0.05, 0) is 32.2 Å². The number of halogens is 1. The van der Waals surface area contributed by atoms with Gasteiger partial charge >= 0.3 is 0 Å². The van der Waals surface area contributed by atoms with Crippen LogP contribution < -0.4 is 5.32 Å². The summed E-state index contributed by atoms with van der Waals surface area (Å²) in [5.41, 5.74) is 2.07. The Kier molecular flexibility index (Phi) is 3.83. The van der Waals surface area contributed by atoms with Crippen LogP contribution in [0.3, 0.4) is 0 Å². The van der Waals surface area contributed by atoms with Crippen molar-refractivity contribution < 1.29 is 0 Å². The van der Waals surface area contributed by atoms with Crippen LogP contribution in [-0.2, 0) is 0 Å². The molecule has 5 heteroatoms. The summed E-state index contributed by atoms with van der Waals surface area (Å²) in [5, 5.41) is 5.37. The molecule has 0 aliphatic heterocycles. The van der Waals surface area contributed by atoms with Crippen LogP contribution in [0.4, 0.5) is 0 Å². The minimum atomic E-state index is 0.316. The van der Waals surface area contributed by atoms with Crippen molar-refractivity contribution in [3.63, 3.8) is 0 Å². The third-order valence-corrected chi connectivity index (χ3v) is 5.24. The number of nitrogens with zero attached hydrogens (tertiary/aromatic N) is 2. The highest BCUT2D eigenvalue weighted by atomic mass is 79.9. The summed E-state index contributed by atoms with van der Waals surface area (Å²) in [6, 6.07) is 8.47. The standard InChI is InChI=1S/C15H14BrN3S/c1-9(17-2)13-8-19-15(20-13)11-5-6-12(16)10-4-3-7-18-14(10)11/h3-9,17H,1-2H3. The fourth-order valence-corrected chi connectivity index (χ4v) is 3.52. The number of thiazole rings is 1. The van der Waals surface area contributed by atoms with E-state index in [4.69, 9.17) is 0 Å². The first-order valence-electron chi connectivity index (χ1n) is 6.37. The van der Waals surface area contributed by atoms with Gasteiger partial charge in [-0.25, -0.2) is 4.98 Å². The number of benzene rings is 1. The summed E-state index contributed by atoms with van der Waals surface area (Å²) >= 11 is 5.29. The predicted molar refractivity (Wildman–Crippen MR) is 88.0 cm³/mol. The summed E-state index contributed by atoms with van der Waals surface area (Å²) in [6.45, 7) is 2.13. The Bertz CT molecular complexity index is 754. The fourth-order valence-electron chi connectivity index (χ4n) is 2.06. The van der Waals surface area contributed by atoms with Gasteiger partial charge < -0.3 is 5.32 Å². The van der Waals surface area contributed by atoms with Crippen molar-refractivity contribution in [2.45, 2.75) is 13.0 Å². The largest absolute Gasteiger partial charge is 0.312 e. The second-order valence-electron chi connectivity index (χ2n) is 4.57. The van der Waals surface area contributed by atoms with Gasteiger partial charge in [0.05, 0.1) is 5.52 Å². The molecule has 1 unspecified atom stereocenters. The molecule has 3 aromatic rings. The number of aromatic nitrogens is 2. The average Bonchev–Trinajstić information content (AvgIpc) is 2.97. The van der Waals surface area contributed by atoms with Gasteiger partial charge in [-0.3, -0.25) is 4.98 Å². The maximum atomic E-state index is 4.56. The average molecular weight is 348 g/mol. The second kappa shape index (κ2) is 5.60. The van der Waals surface area contributed by atoms with Crippen LogP contribution in [-0.4, -0.2) is 17.0 Å². The Labute approximate surface area is 130 Å². The summed E-state index contributed by atoms with van der Waals surface area (Å²) in [5.74, 6) is 0. The monoisotopic (exact) mass is 347 g/mol. The lowest BCUT2D eigenvalue weighted by atomic mass is 10.1. The minimum Gasteiger partial charge on any atom is -0.312 e. The zero-order valence-corrected chi connectivity index (χ0v) is 13.6. The number of fused-ring (bicyclic) bond motifs is 1. The Morgan fingerprint density at radius 2 is 2.10 bits per heavy atom. The Balaban J connectivity index is 2.15. The molecule has 0 saturated heterocycles. The molecule has 2 aromatic heterocycles. The van der Waals surface area contributed by atoms with Crippen LogP contribution in [0.1, 0.15) is 17.8 Å². The molecule has 0 spiro atoms. The van der Waals surface area contributed by atoms with Crippen LogP contribution in [0, 0.1) is 0 Å². The number of nitrogens with one attached hydrogen (secondary N) is 1. The molecule has 0 amide bonds. The summed E-state index contributed by atoms with van der Waals surface area (Å²) in [7, 11) is 1.96. The molecule has 1 N–H and O–H groups in total. The molecule has 3 nitrogen and oxygen atoms in total. The highest BCUT2D eigenvalue weighted by Gasteiger charge is 2.13. The molecule has 20 heavy (non-hydrogen) atoms. The predicted octanol–water partition coefficient (Wildman–Crippen LogP) is 4.40. The van der Waals surface area contributed by atoms with Crippen LogP contribution in [0.15, 0.2) is 41.1 Å². The molecule has 1 aromatic carbocycles. The van der Waals surface area contributed by atoms with Gasteiger partial charge in [-0.1, -0.05) is 22.0 Å². The zero-order valence-electron chi connectivity index (χ0n) is 11.2. The first kappa shape index (κ1) is 13.7. The van der Waals surface area contributed by atoms with Crippen molar-refractivity contribution in [1.29, 1.82) is 0 Å². The van der Waals surface area contributed by atoms with E-state index in [0.29, 0.717) is 6.04 Å². The van der Waals surface area contributed by atoms with E-state index in [9.17, 15) is 0 Å². The maximum Gasteiger partial charge on any atom is 0.125 e. The molecule has 0 radical (unpaired) electrons. The molecule has 1 atom stereocenters. The number of hydrogen-bond donors (Lipinski definition) is 1. The minimum absolute atomic E-state index is 0.316. The van der Waals surface area contributed by atoms with E-state index < -0.39 is 0 Å². The van der Waals surface area contributed by atoms with Gasteiger partial charge in [-0.15, -0.1) is 11.3 Å². The van der Waals surface area contributed by atoms with Gasteiger partial charge in [0.1, 0.15) is 5.01 Å². The van der Waals surface area contributed by atoms with E-state index in [1.807, 2.05) is 25.5 Å². The van der Waals surface area contributed by atoms with Crippen molar-refractivity contribution in [1.82, 2.24) is 15.3 Å². The van der Waals surface area contributed by atoms with E-state index in [1.54, 1.807) is 11.3 Å². The van der Waals surface area contributed by atoms with E-state index in [2.05, 4.69) is 56.3 Å². The van der Waals surface area contributed by atoms with E-state index >= 15 is 0 Å². The van der Waals surface area contributed by atoms with E-state index in [-0.39, 0.29) is 0 Å². The van der Waals surface area contributed by atoms with Crippen molar-refractivity contribution in [3.05, 3.63) is 46.0 Å². The zero-order chi connectivity index (χ0) is 14.1. The lowest BCUT2D eigenvalue weighted by Crippen LogP contribution is -2.10. The summed E-state index contributed by atoms with van der Waals surface area (Å²) in [6.07, 6.45) is 3.76. The first-order chi connectivity index (χ1) is 9.70. The molecule has 0 fully saturated rings. The van der Waals surface area contributed by atoms with Crippen LogP contribution >= 0.6 is 27.3 Å². The normalized spacial score (nSPS) is 12.8. The van der Waals surface area contributed by atoms with Crippen LogP contribution in [0.2, 0.25) is 0 Å². The lowest BCUT2D eigenvalue weighted by molar-refractivity contribution is 0.662. The van der Waals surface area contributed by atoms with Gasteiger partial charge in [0.2, 0.25) is 0 Å². The molecule has 0 bridgehead atoms. The second-order valence-corrected chi connectivity index (χ2v) is 6.49. The quantitative estimate of drug-likeness (QED) is 0.762. The molecular weight excluding hydrogens is 334 g/mol. The fraction of sp³-hybridized carbons (Fsp3) is 0.200. The van der Waals surface area contributed by atoms with E-state index in [1.165, 1.54) is 4.88 Å². The third-order valence-electron chi connectivity index (χ3n) is 3.33. The Morgan fingerprint density at radius 3 is 2.90 bits per heavy atom. The van der Waals surface area contributed by atoms with Crippen LogP contribution in [0.5, 0.6) is 0 Å². The summed E-state index contributed by atoms with van der Waals surface area (Å²) < 4.78 is 1.06. The van der Waals surface area contributed by atoms with Crippen molar-refractivity contribution in [2.75, 3.05) is 7.05 Å². The maximum absolute atomic E-state index is 4.56. The smallest absolute Gasteiger partial charge is 0.125 e.